The fourth-order valence-electron chi connectivity index (χ4n) is 6.01. The average molecular weight is 394 g/mol. The van der Waals surface area contributed by atoms with Crippen molar-refractivity contribution in [2.24, 2.45) is 10.8 Å². The van der Waals surface area contributed by atoms with Crippen molar-refractivity contribution in [3.8, 4) is 0 Å². The van der Waals surface area contributed by atoms with Crippen LogP contribution in [0.15, 0.2) is 24.4 Å². The lowest BCUT2D eigenvalue weighted by atomic mass is 9.61. The van der Waals surface area contributed by atoms with Crippen LogP contribution in [0.25, 0.3) is 0 Å². The van der Waals surface area contributed by atoms with Gasteiger partial charge in [0.1, 0.15) is 0 Å². The summed E-state index contributed by atoms with van der Waals surface area (Å²) in [5.41, 5.74) is 2.49. The molecular formula is C24H42ClN2+. The van der Waals surface area contributed by atoms with E-state index in [1.165, 1.54) is 64.6 Å². The van der Waals surface area contributed by atoms with Crippen molar-refractivity contribution in [3.63, 3.8) is 0 Å². The molecular weight excluding hydrogens is 352 g/mol. The van der Waals surface area contributed by atoms with Crippen molar-refractivity contribution in [1.82, 2.24) is 4.90 Å². The smallest absolute Gasteiger partial charge is 0.184 e. The first-order valence-electron chi connectivity index (χ1n) is 11.0. The number of hydrogen-bond acceptors (Lipinski definition) is 1. The Hall–Kier alpha value is -0.600. The molecule has 1 aliphatic heterocycles. The maximum absolute atomic E-state index is 2.68. The predicted octanol–water partition coefficient (Wildman–Crippen LogP) is 6.15. The third kappa shape index (κ3) is 5.94. The number of halogens is 1. The number of pyridine rings is 1. The van der Waals surface area contributed by atoms with Crippen LogP contribution < -0.4 is 4.57 Å². The molecule has 0 spiro atoms. The molecule has 154 valence electrons. The van der Waals surface area contributed by atoms with Crippen LogP contribution in [0.1, 0.15) is 97.2 Å². The van der Waals surface area contributed by atoms with Gasteiger partial charge in [-0.25, -0.2) is 0 Å². The minimum Gasteiger partial charge on any atom is -0.303 e. The van der Waals surface area contributed by atoms with Gasteiger partial charge in [0.2, 0.25) is 0 Å². The second-order valence-electron chi connectivity index (χ2n) is 10.6. The maximum Gasteiger partial charge on any atom is 0.184 e. The molecule has 3 rings (SSSR count). The number of piperidine rings is 1. The van der Waals surface area contributed by atoms with Crippen molar-refractivity contribution in [2.45, 2.75) is 91.5 Å². The lowest BCUT2D eigenvalue weighted by molar-refractivity contribution is -0.734. The first-order valence-corrected chi connectivity index (χ1v) is 11.0. The van der Waals surface area contributed by atoms with Crippen molar-refractivity contribution in [1.29, 1.82) is 0 Å². The highest BCUT2D eigenvalue weighted by Gasteiger charge is 2.42. The topological polar surface area (TPSA) is 7.12 Å². The van der Waals surface area contributed by atoms with E-state index in [0.717, 1.165) is 0 Å². The number of nitrogens with zero attached hydrogens (tertiary/aromatic N) is 2. The molecule has 1 saturated carbocycles. The van der Waals surface area contributed by atoms with E-state index in [-0.39, 0.29) is 12.4 Å². The first-order chi connectivity index (χ1) is 12.3. The normalized spacial score (nSPS) is 23.7. The van der Waals surface area contributed by atoms with Gasteiger partial charge < -0.3 is 4.90 Å². The zero-order chi connectivity index (χ0) is 18.8. The van der Waals surface area contributed by atoms with Gasteiger partial charge in [0, 0.05) is 44.0 Å². The zero-order valence-electron chi connectivity index (χ0n) is 18.3. The summed E-state index contributed by atoms with van der Waals surface area (Å²) in [5, 5.41) is 0. The highest BCUT2D eigenvalue weighted by atomic mass is 35.5. The van der Waals surface area contributed by atoms with Crippen LogP contribution in [0.2, 0.25) is 0 Å². The number of likely N-dealkylation sites (tertiary alicyclic amines) is 1. The maximum atomic E-state index is 2.68. The number of rotatable bonds is 5. The van der Waals surface area contributed by atoms with E-state index in [1.807, 2.05) is 0 Å². The molecule has 0 aromatic carbocycles. The molecule has 2 fully saturated rings. The predicted molar refractivity (Wildman–Crippen MR) is 118 cm³/mol. The summed E-state index contributed by atoms with van der Waals surface area (Å²) < 4.78 is 2.67. The Balaban J connectivity index is 0.00000261. The molecule has 0 N–H and O–H groups in total. The van der Waals surface area contributed by atoms with Gasteiger partial charge in [0.15, 0.2) is 17.9 Å². The van der Waals surface area contributed by atoms with E-state index < -0.39 is 0 Å². The molecule has 0 amide bonds. The van der Waals surface area contributed by atoms with E-state index in [4.69, 9.17) is 0 Å². The largest absolute Gasteiger partial charge is 0.303 e. The molecule has 1 aliphatic carbocycles. The molecule has 27 heavy (non-hydrogen) atoms. The Kier molecular flexibility index (Phi) is 7.78. The van der Waals surface area contributed by atoms with Gasteiger partial charge in [-0.15, -0.1) is 12.4 Å². The molecule has 1 aromatic rings. The second-order valence-corrected chi connectivity index (χ2v) is 10.6. The third-order valence-electron chi connectivity index (χ3n) is 6.67. The van der Waals surface area contributed by atoms with Crippen LogP contribution in [0.5, 0.6) is 0 Å². The fraction of sp³-hybridized carbons (Fsp3) is 0.792. The van der Waals surface area contributed by atoms with E-state index >= 15 is 0 Å². The monoisotopic (exact) mass is 393 g/mol. The summed E-state index contributed by atoms with van der Waals surface area (Å²) in [4.78, 5) is 2.68. The Bertz CT molecular complexity index is 572. The number of aromatic nitrogens is 1. The molecule has 0 atom stereocenters. The molecule has 1 saturated heterocycles. The van der Waals surface area contributed by atoms with Crippen molar-refractivity contribution >= 4 is 12.4 Å². The quantitative estimate of drug-likeness (QED) is 0.544. The van der Waals surface area contributed by atoms with E-state index in [1.54, 1.807) is 5.69 Å². The number of hydrogen-bond donors (Lipinski definition) is 0. The van der Waals surface area contributed by atoms with Gasteiger partial charge in [-0.1, -0.05) is 47.1 Å². The molecule has 0 unspecified atom stereocenters. The molecule has 2 nitrogen and oxygen atoms in total. The number of unbranched alkanes of at least 4 members (excludes halogenated alkanes) is 1. The summed E-state index contributed by atoms with van der Waals surface area (Å²) in [6, 6.07) is 7.62. The third-order valence-corrected chi connectivity index (χ3v) is 6.67. The lowest BCUT2D eigenvalue weighted by Gasteiger charge is -2.44. The molecule has 0 bridgehead atoms. The van der Waals surface area contributed by atoms with Crippen LogP contribution in [-0.4, -0.2) is 24.5 Å². The Morgan fingerprint density at radius 2 is 1.67 bits per heavy atom. The summed E-state index contributed by atoms with van der Waals surface area (Å²) in [5.74, 6) is 0.702. The van der Waals surface area contributed by atoms with Gasteiger partial charge in [-0.3, -0.25) is 0 Å². The lowest BCUT2D eigenvalue weighted by Crippen LogP contribution is -2.50. The molecule has 3 heteroatoms. The van der Waals surface area contributed by atoms with Gasteiger partial charge in [0.05, 0.1) is 0 Å². The fourth-order valence-corrected chi connectivity index (χ4v) is 6.01. The van der Waals surface area contributed by atoms with Crippen LogP contribution in [0.3, 0.4) is 0 Å². The van der Waals surface area contributed by atoms with E-state index in [2.05, 4.69) is 68.5 Å². The first kappa shape index (κ1) is 22.7. The van der Waals surface area contributed by atoms with Crippen LogP contribution >= 0.6 is 12.4 Å². The van der Waals surface area contributed by atoms with E-state index in [0.29, 0.717) is 22.8 Å². The summed E-state index contributed by atoms with van der Waals surface area (Å²) in [6.07, 6.45) is 11.7. The molecule has 0 radical (unpaired) electrons. The van der Waals surface area contributed by atoms with Crippen LogP contribution in [-0.2, 0) is 0 Å². The van der Waals surface area contributed by atoms with Crippen LogP contribution in [0, 0.1) is 10.8 Å². The van der Waals surface area contributed by atoms with E-state index in [9.17, 15) is 0 Å². The van der Waals surface area contributed by atoms with Gasteiger partial charge in [-0.2, -0.15) is 4.57 Å². The standard InChI is InChI=1S/C24H41N2.ClH/c1-6-7-13-25-15-11-21(12-16-25)26-14-9-8-10-22(26)20-17-23(2,3)19-24(4,5)18-20;/h8-10,14,20-21H,6-7,11-13,15-19H2,1-5H3;1H/q+1;. The van der Waals surface area contributed by atoms with Gasteiger partial charge >= 0.3 is 0 Å². The summed E-state index contributed by atoms with van der Waals surface area (Å²) >= 11 is 0. The Morgan fingerprint density at radius 1 is 1.04 bits per heavy atom. The second kappa shape index (κ2) is 9.27. The Morgan fingerprint density at radius 3 is 2.26 bits per heavy atom. The highest BCUT2D eigenvalue weighted by molar-refractivity contribution is 5.85. The van der Waals surface area contributed by atoms with Crippen LogP contribution in [0.4, 0.5) is 0 Å². The Labute approximate surface area is 174 Å². The van der Waals surface area contributed by atoms with Crippen molar-refractivity contribution in [2.75, 3.05) is 19.6 Å². The molecule has 1 aromatic heterocycles. The van der Waals surface area contributed by atoms with Crippen molar-refractivity contribution < 1.29 is 4.57 Å². The average Bonchev–Trinajstić information content (AvgIpc) is 2.58. The molecule has 2 heterocycles. The van der Waals surface area contributed by atoms with Crippen molar-refractivity contribution in [3.05, 3.63) is 30.1 Å². The highest BCUT2D eigenvalue weighted by Crippen LogP contribution is 2.51. The van der Waals surface area contributed by atoms with Gasteiger partial charge in [-0.05, 0) is 43.1 Å². The van der Waals surface area contributed by atoms with Gasteiger partial charge in [0.25, 0.3) is 0 Å². The zero-order valence-corrected chi connectivity index (χ0v) is 19.2. The SMILES string of the molecule is CCCCN1CCC([n+]2ccccc2C2CC(C)(C)CC(C)(C)C2)CC1.Cl. The summed E-state index contributed by atoms with van der Waals surface area (Å²) in [7, 11) is 0. The minimum atomic E-state index is 0. The molecule has 2 aliphatic rings. The minimum absolute atomic E-state index is 0. The summed E-state index contributed by atoms with van der Waals surface area (Å²) in [6.45, 7) is 16.0.